The van der Waals surface area contributed by atoms with Crippen LogP contribution in [0.15, 0.2) is 24.3 Å². The number of morpholine rings is 1. The summed E-state index contributed by atoms with van der Waals surface area (Å²) in [4.78, 5) is 11.9. The number of ketones is 1. The molecular formula is C12H14ClNO2. The maximum atomic E-state index is 11.9. The lowest BCUT2D eigenvalue weighted by Crippen LogP contribution is -2.47. The standard InChI is InChI=1S/C12H14ClNO2/c13-10-3-1-9(2-4-10)7-12(15)11-8-16-6-5-14-11/h1-4,11,14H,5-8H2. The predicted octanol–water partition coefficient (Wildman–Crippen LogP) is 1.44. The normalized spacial score (nSPS) is 20.7. The molecule has 0 radical (unpaired) electrons. The number of rotatable bonds is 3. The summed E-state index contributed by atoms with van der Waals surface area (Å²) < 4.78 is 5.26. The maximum absolute atomic E-state index is 11.9. The van der Waals surface area contributed by atoms with Crippen molar-refractivity contribution >= 4 is 17.4 Å². The van der Waals surface area contributed by atoms with Crippen LogP contribution in [0, 0.1) is 0 Å². The number of carbonyl (C=O) groups is 1. The Balaban J connectivity index is 1.93. The van der Waals surface area contributed by atoms with Gasteiger partial charge in [-0.1, -0.05) is 23.7 Å². The Morgan fingerprint density at radius 3 is 2.81 bits per heavy atom. The summed E-state index contributed by atoms with van der Waals surface area (Å²) in [5.74, 6) is 0.169. The summed E-state index contributed by atoms with van der Waals surface area (Å²) in [6, 6.07) is 7.20. The van der Waals surface area contributed by atoms with Crippen LogP contribution < -0.4 is 5.32 Å². The van der Waals surface area contributed by atoms with Crippen molar-refractivity contribution in [3.8, 4) is 0 Å². The van der Waals surface area contributed by atoms with Crippen molar-refractivity contribution in [2.75, 3.05) is 19.8 Å². The zero-order valence-electron chi connectivity index (χ0n) is 8.91. The van der Waals surface area contributed by atoms with E-state index in [9.17, 15) is 4.79 Å². The number of nitrogens with one attached hydrogen (secondary N) is 1. The van der Waals surface area contributed by atoms with Crippen molar-refractivity contribution in [3.05, 3.63) is 34.9 Å². The highest BCUT2D eigenvalue weighted by Crippen LogP contribution is 2.11. The van der Waals surface area contributed by atoms with E-state index < -0.39 is 0 Å². The van der Waals surface area contributed by atoms with Crippen LogP contribution in [0.2, 0.25) is 5.02 Å². The second kappa shape index (κ2) is 5.43. The zero-order chi connectivity index (χ0) is 11.4. The van der Waals surface area contributed by atoms with Gasteiger partial charge in [0.25, 0.3) is 0 Å². The van der Waals surface area contributed by atoms with Gasteiger partial charge in [-0.2, -0.15) is 0 Å². The smallest absolute Gasteiger partial charge is 0.156 e. The van der Waals surface area contributed by atoms with Gasteiger partial charge in [-0.15, -0.1) is 0 Å². The van der Waals surface area contributed by atoms with Gasteiger partial charge in [-0.05, 0) is 17.7 Å². The number of Topliss-reactive ketones (excluding diaryl/α,β-unsaturated/α-hetero) is 1. The number of hydrogen-bond donors (Lipinski definition) is 1. The average Bonchev–Trinajstić information content (AvgIpc) is 2.33. The molecule has 1 heterocycles. The van der Waals surface area contributed by atoms with Crippen LogP contribution >= 0.6 is 11.6 Å². The minimum Gasteiger partial charge on any atom is -0.378 e. The van der Waals surface area contributed by atoms with E-state index in [2.05, 4.69) is 5.32 Å². The molecule has 0 amide bonds. The third kappa shape index (κ3) is 3.04. The Hall–Kier alpha value is -0.900. The highest BCUT2D eigenvalue weighted by atomic mass is 35.5. The molecule has 1 unspecified atom stereocenters. The fourth-order valence-electron chi connectivity index (χ4n) is 1.70. The Bertz CT molecular complexity index is 358. The first kappa shape index (κ1) is 11.6. The summed E-state index contributed by atoms with van der Waals surface area (Å²) >= 11 is 5.78. The van der Waals surface area contributed by atoms with Gasteiger partial charge in [0.15, 0.2) is 5.78 Å². The monoisotopic (exact) mass is 239 g/mol. The van der Waals surface area contributed by atoms with E-state index in [0.29, 0.717) is 24.7 Å². The molecule has 1 N–H and O–H groups in total. The van der Waals surface area contributed by atoms with E-state index in [4.69, 9.17) is 16.3 Å². The first-order valence-electron chi connectivity index (χ1n) is 5.34. The van der Waals surface area contributed by atoms with E-state index in [1.165, 1.54) is 0 Å². The number of benzene rings is 1. The topological polar surface area (TPSA) is 38.3 Å². The molecule has 0 aliphatic carbocycles. The van der Waals surface area contributed by atoms with Crippen LogP contribution in [0.1, 0.15) is 5.56 Å². The lowest BCUT2D eigenvalue weighted by Gasteiger charge is -2.22. The molecule has 0 bridgehead atoms. The molecule has 1 aliphatic heterocycles. The van der Waals surface area contributed by atoms with Crippen LogP contribution in [0.25, 0.3) is 0 Å². The highest BCUT2D eigenvalue weighted by molar-refractivity contribution is 6.30. The van der Waals surface area contributed by atoms with E-state index in [1.807, 2.05) is 12.1 Å². The molecule has 1 fully saturated rings. The molecule has 86 valence electrons. The van der Waals surface area contributed by atoms with Crippen molar-refractivity contribution in [1.29, 1.82) is 0 Å². The van der Waals surface area contributed by atoms with Gasteiger partial charge in [0, 0.05) is 18.0 Å². The van der Waals surface area contributed by atoms with E-state index in [0.717, 1.165) is 12.1 Å². The molecule has 1 aliphatic rings. The Morgan fingerprint density at radius 2 is 2.19 bits per heavy atom. The van der Waals surface area contributed by atoms with Gasteiger partial charge in [-0.25, -0.2) is 0 Å². The van der Waals surface area contributed by atoms with Gasteiger partial charge in [-0.3, -0.25) is 4.79 Å². The minimum atomic E-state index is -0.163. The Morgan fingerprint density at radius 1 is 1.44 bits per heavy atom. The fourth-order valence-corrected chi connectivity index (χ4v) is 1.82. The summed E-state index contributed by atoms with van der Waals surface area (Å²) in [5, 5.41) is 3.84. The Kier molecular flexibility index (Phi) is 3.93. The summed E-state index contributed by atoms with van der Waals surface area (Å²) in [5.41, 5.74) is 0.988. The van der Waals surface area contributed by atoms with Gasteiger partial charge in [0.2, 0.25) is 0 Å². The van der Waals surface area contributed by atoms with E-state index in [1.54, 1.807) is 12.1 Å². The lowest BCUT2D eigenvalue weighted by atomic mass is 10.0. The molecule has 3 nitrogen and oxygen atoms in total. The molecule has 4 heteroatoms. The van der Waals surface area contributed by atoms with E-state index >= 15 is 0 Å². The number of carbonyl (C=O) groups excluding carboxylic acids is 1. The molecule has 0 saturated carbocycles. The first-order valence-corrected chi connectivity index (χ1v) is 5.72. The maximum Gasteiger partial charge on any atom is 0.156 e. The second-order valence-corrected chi connectivity index (χ2v) is 4.29. The third-order valence-electron chi connectivity index (χ3n) is 2.60. The van der Waals surface area contributed by atoms with Crippen molar-refractivity contribution in [1.82, 2.24) is 5.32 Å². The molecule has 1 atom stereocenters. The molecule has 1 aromatic carbocycles. The zero-order valence-corrected chi connectivity index (χ0v) is 9.67. The second-order valence-electron chi connectivity index (χ2n) is 3.85. The van der Waals surface area contributed by atoms with Crippen LogP contribution in [-0.4, -0.2) is 31.6 Å². The molecule has 1 saturated heterocycles. The lowest BCUT2D eigenvalue weighted by molar-refractivity contribution is -0.123. The summed E-state index contributed by atoms with van der Waals surface area (Å²) in [7, 11) is 0. The average molecular weight is 240 g/mol. The molecule has 16 heavy (non-hydrogen) atoms. The van der Waals surface area contributed by atoms with Gasteiger partial charge >= 0.3 is 0 Å². The molecule has 0 spiro atoms. The van der Waals surface area contributed by atoms with Crippen LogP contribution in [-0.2, 0) is 16.0 Å². The number of hydrogen-bond acceptors (Lipinski definition) is 3. The number of halogens is 1. The summed E-state index contributed by atoms with van der Waals surface area (Å²) in [6.45, 7) is 1.91. The van der Waals surface area contributed by atoms with Crippen molar-refractivity contribution < 1.29 is 9.53 Å². The summed E-state index contributed by atoms with van der Waals surface area (Å²) in [6.07, 6.45) is 0.429. The van der Waals surface area contributed by atoms with Crippen molar-refractivity contribution in [3.63, 3.8) is 0 Å². The molecule has 1 aromatic rings. The number of ether oxygens (including phenoxy) is 1. The molecular weight excluding hydrogens is 226 g/mol. The molecule has 0 aromatic heterocycles. The highest BCUT2D eigenvalue weighted by Gasteiger charge is 2.20. The van der Waals surface area contributed by atoms with E-state index in [-0.39, 0.29) is 11.8 Å². The Labute approximate surface area is 99.7 Å². The van der Waals surface area contributed by atoms with Crippen LogP contribution in [0.4, 0.5) is 0 Å². The van der Waals surface area contributed by atoms with Gasteiger partial charge < -0.3 is 10.1 Å². The largest absolute Gasteiger partial charge is 0.378 e. The van der Waals surface area contributed by atoms with Gasteiger partial charge in [0.1, 0.15) is 0 Å². The van der Waals surface area contributed by atoms with Crippen molar-refractivity contribution in [2.45, 2.75) is 12.5 Å². The quantitative estimate of drug-likeness (QED) is 0.868. The minimum absolute atomic E-state index is 0.163. The molecule has 2 rings (SSSR count). The predicted molar refractivity (Wildman–Crippen MR) is 62.8 cm³/mol. The SMILES string of the molecule is O=C(Cc1ccc(Cl)cc1)C1COCCN1. The fraction of sp³-hybridized carbons (Fsp3) is 0.417. The van der Waals surface area contributed by atoms with Crippen molar-refractivity contribution in [2.24, 2.45) is 0 Å². The third-order valence-corrected chi connectivity index (χ3v) is 2.85. The van der Waals surface area contributed by atoms with Crippen LogP contribution in [0.5, 0.6) is 0 Å². The van der Waals surface area contributed by atoms with Gasteiger partial charge in [0.05, 0.1) is 19.3 Å². The van der Waals surface area contributed by atoms with Crippen LogP contribution in [0.3, 0.4) is 0 Å². The first-order chi connectivity index (χ1) is 7.75.